The summed E-state index contributed by atoms with van der Waals surface area (Å²) in [6.07, 6.45) is -5.99. The normalized spacial score (nSPS) is 12.4. The Hall–Kier alpha value is -1.68. The zero-order valence-electron chi connectivity index (χ0n) is 9.74. The molecule has 0 aliphatic heterocycles. The second-order valence-corrected chi connectivity index (χ2v) is 5.45. The van der Waals surface area contributed by atoms with E-state index in [1.807, 2.05) is 0 Å². The molecule has 0 aliphatic rings. The lowest BCUT2D eigenvalue weighted by molar-refractivity contribution is -0.132. The zero-order chi connectivity index (χ0) is 15.6. The number of hydrogen-bond acceptors (Lipinski definition) is 3. The fraction of sp³-hybridized carbons (Fsp3) is 0.300. The number of halogens is 4. The van der Waals surface area contributed by atoms with E-state index in [0.29, 0.717) is 12.1 Å². The van der Waals surface area contributed by atoms with E-state index in [4.69, 9.17) is 5.11 Å². The molecule has 10 heteroatoms. The van der Waals surface area contributed by atoms with Crippen molar-refractivity contribution in [3.05, 3.63) is 29.6 Å². The number of hydrogen-bond donors (Lipinski definition) is 2. The second-order valence-electron chi connectivity index (χ2n) is 3.71. The molecule has 1 aromatic carbocycles. The van der Waals surface area contributed by atoms with Crippen LogP contribution in [0.1, 0.15) is 16.8 Å². The monoisotopic (exact) mass is 315 g/mol. The average Bonchev–Trinajstić information content (AvgIpc) is 2.26. The van der Waals surface area contributed by atoms with Crippen LogP contribution in [-0.2, 0) is 10.0 Å². The molecule has 0 aromatic heterocycles. The van der Waals surface area contributed by atoms with Crippen molar-refractivity contribution < 1.29 is 35.9 Å². The fourth-order valence-corrected chi connectivity index (χ4v) is 2.38. The Kier molecular flexibility index (Phi) is 4.71. The highest BCUT2D eigenvalue weighted by molar-refractivity contribution is 7.89. The summed E-state index contributed by atoms with van der Waals surface area (Å²) < 4.78 is 73.8. The van der Waals surface area contributed by atoms with Crippen LogP contribution in [0, 0.1) is 5.82 Å². The smallest absolute Gasteiger partial charge is 0.390 e. The lowest BCUT2D eigenvalue weighted by atomic mass is 10.2. The molecule has 0 heterocycles. The second kappa shape index (κ2) is 5.75. The van der Waals surface area contributed by atoms with Crippen molar-refractivity contribution >= 4 is 16.0 Å². The van der Waals surface area contributed by atoms with Gasteiger partial charge in [-0.05, 0) is 18.2 Å². The first kappa shape index (κ1) is 16.4. The van der Waals surface area contributed by atoms with Gasteiger partial charge in [-0.1, -0.05) is 0 Å². The van der Waals surface area contributed by atoms with Crippen molar-refractivity contribution in [3.63, 3.8) is 0 Å². The van der Waals surface area contributed by atoms with E-state index < -0.39 is 51.4 Å². The predicted molar refractivity (Wildman–Crippen MR) is 59.2 cm³/mol. The minimum Gasteiger partial charge on any atom is -0.478 e. The largest absolute Gasteiger partial charge is 0.478 e. The Bertz CT molecular complexity index is 612. The molecule has 0 bridgehead atoms. The van der Waals surface area contributed by atoms with Crippen molar-refractivity contribution in [2.24, 2.45) is 0 Å². The molecule has 0 radical (unpaired) electrons. The van der Waals surface area contributed by atoms with E-state index in [1.54, 1.807) is 4.72 Å². The third kappa shape index (κ3) is 4.46. The van der Waals surface area contributed by atoms with E-state index in [2.05, 4.69) is 0 Å². The molecule has 112 valence electrons. The number of nitrogens with one attached hydrogen (secondary N) is 1. The quantitative estimate of drug-likeness (QED) is 0.811. The summed E-state index contributed by atoms with van der Waals surface area (Å²) in [5, 5.41) is 8.66. The molecular weight excluding hydrogens is 306 g/mol. The van der Waals surface area contributed by atoms with Gasteiger partial charge >= 0.3 is 12.1 Å². The molecule has 5 nitrogen and oxygen atoms in total. The molecule has 1 rings (SSSR count). The van der Waals surface area contributed by atoms with E-state index in [0.717, 1.165) is 6.07 Å². The molecule has 0 fully saturated rings. The van der Waals surface area contributed by atoms with Crippen molar-refractivity contribution in [1.29, 1.82) is 0 Å². The van der Waals surface area contributed by atoms with Gasteiger partial charge in [0.25, 0.3) is 0 Å². The number of sulfonamides is 1. The lowest BCUT2D eigenvalue weighted by Crippen LogP contribution is -2.29. The van der Waals surface area contributed by atoms with Gasteiger partial charge in [0.1, 0.15) is 10.7 Å². The maximum atomic E-state index is 13.4. The maximum absolute atomic E-state index is 13.4. The first-order chi connectivity index (χ1) is 9.03. The van der Waals surface area contributed by atoms with Gasteiger partial charge in [0.15, 0.2) is 0 Å². The minimum absolute atomic E-state index is 0.498. The molecule has 2 N–H and O–H groups in total. The number of rotatable bonds is 5. The molecule has 0 unspecified atom stereocenters. The Labute approximate surface area is 111 Å². The highest BCUT2D eigenvalue weighted by atomic mass is 32.2. The molecular formula is C10H9F4NO4S. The predicted octanol–water partition coefficient (Wildman–Crippen LogP) is 1.75. The number of benzene rings is 1. The third-order valence-electron chi connectivity index (χ3n) is 2.17. The number of alkyl halides is 3. The number of carbonyl (C=O) groups is 1. The Morgan fingerprint density at radius 3 is 2.40 bits per heavy atom. The van der Waals surface area contributed by atoms with Gasteiger partial charge in [0.2, 0.25) is 10.0 Å². The van der Waals surface area contributed by atoms with E-state index in [1.165, 1.54) is 0 Å². The summed E-state index contributed by atoms with van der Waals surface area (Å²) in [6.45, 7) is -0.970. The van der Waals surface area contributed by atoms with Gasteiger partial charge in [-0.15, -0.1) is 0 Å². The van der Waals surface area contributed by atoms with Gasteiger partial charge < -0.3 is 5.11 Å². The van der Waals surface area contributed by atoms with Crippen molar-refractivity contribution in [2.45, 2.75) is 17.5 Å². The summed E-state index contributed by atoms with van der Waals surface area (Å²) in [5.41, 5.74) is -0.498. The van der Waals surface area contributed by atoms with Crippen LogP contribution < -0.4 is 4.72 Å². The average molecular weight is 315 g/mol. The van der Waals surface area contributed by atoms with Crippen LogP contribution in [0.15, 0.2) is 23.1 Å². The maximum Gasteiger partial charge on any atom is 0.390 e. The summed E-state index contributed by atoms with van der Waals surface area (Å²) >= 11 is 0. The molecule has 1 aromatic rings. The van der Waals surface area contributed by atoms with Crippen LogP contribution in [0.3, 0.4) is 0 Å². The Balaban J connectivity index is 2.97. The highest BCUT2D eigenvalue weighted by Crippen LogP contribution is 2.20. The Morgan fingerprint density at radius 2 is 1.90 bits per heavy atom. The standard InChI is InChI=1S/C10H9F4NO4S/c11-7-2-1-6(9(16)17)5-8(7)20(18,19)15-4-3-10(12,13)14/h1-2,5,15H,3-4H2,(H,16,17). The highest BCUT2D eigenvalue weighted by Gasteiger charge is 2.28. The number of carboxylic acids is 1. The van der Waals surface area contributed by atoms with Crippen LogP contribution in [0.2, 0.25) is 0 Å². The van der Waals surface area contributed by atoms with Crippen LogP contribution >= 0.6 is 0 Å². The lowest BCUT2D eigenvalue weighted by Gasteiger charge is -2.10. The van der Waals surface area contributed by atoms with Crippen LogP contribution in [-0.4, -0.2) is 32.2 Å². The topological polar surface area (TPSA) is 83.5 Å². The SMILES string of the molecule is O=C(O)c1ccc(F)c(S(=O)(=O)NCCC(F)(F)F)c1. The number of aromatic carboxylic acids is 1. The first-order valence-electron chi connectivity index (χ1n) is 5.12. The van der Waals surface area contributed by atoms with Gasteiger partial charge in [-0.25, -0.2) is 22.3 Å². The van der Waals surface area contributed by atoms with E-state index in [-0.39, 0.29) is 0 Å². The molecule has 0 saturated carbocycles. The van der Waals surface area contributed by atoms with Crippen molar-refractivity contribution in [2.75, 3.05) is 6.54 Å². The van der Waals surface area contributed by atoms with Crippen LogP contribution in [0.5, 0.6) is 0 Å². The molecule has 0 saturated heterocycles. The van der Waals surface area contributed by atoms with E-state index >= 15 is 0 Å². The first-order valence-corrected chi connectivity index (χ1v) is 6.60. The molecule has 20 heavy (non-hydrogen) atoms. The van der Waals surface area contributed by atoms with Gasteiger partial charge in [-0.3, -0.25) is 0 Å². The van der Waals surface area contributed by atoms with Gasteiger partial charge in [0, 0.05) is 6.54 Å². The van der Waals surface area contributed by atoms with Crippen LogP contribution in [0.4, 0.5) is 17.6 Å². The van der Waals surface area contributed by atoms with E-state index in [9.17, 15) is 30.8 Å². The summed E-state index contributed by atoms with van der Waals surface area (Å²) in [5.74, 6) is -2.74. The summed E-state index contributed by atoms with van der Waals surface area (Å²) in [7, 11) is -4.56. The van der Waals surface area contributed by atoms with Crippen molar-refractivity contribution in [3.8, 4) is 0 Å². The zero-order valence-corrected chi connectivity index (χ0v) is 10.6. The van der Waals surface area contributed by atoms with Gasteiger partial charge in [-0.2, -0.15) is 13.2 Å². The minimum atomic E-state index is -4.57. The third-order valence-corrected chi connectivity index (χ3v) is 3.64. The molecule has 0 atom stereocenters. The Morgan fingerprint density at radius 1 is 1.30 bits per heavy atom. The van der Waals surface area contributed by atoms with Crippen LogP contribution in [0.25, 0.3) is 0 Å². The molecule has 0 amide bonds. The summed E-state index contributed by atoms with van der Waals surface area (Å²) in [6, 6.07) is 1.99. The molecule has 0 spiro atoms. The van der Waals surface area contributed by atoms with Gasteiger partial charge in [0.05, 0.1) is 12.0 Å². The molecule has 0 aliphatic carbocycles. The van der Waals surface area contributed by atoms with Crippen molar-refractivity contribution in [1.82, 2.24) is 4.72 Å². The summed E-state index contributed by atoms with van der Waals surface area (Å²) in [4.78, 5) is 9.64. The number of carboxylic acid groups (broad SMARTS) is 1. The fourth-order valence-electron chi connectivity index (χ4n) is 1.25.